The smallest absolute Gasteiger partial charge is 0.318 e. The molecule has 2 aromatic rings. The third-order valence-corrected chi connectivity index (χ3v) is 3.52. The Balaban J connectivity index is 1.85. The normalized spacial score (nSPS) is 12.0. The number of hydrogen-bond acceptors (Lipinski definition) is 6. The zero-order valence-electron chi connectivity index (χ0n) is 13.5. The van der Waals surface area contributed by atoms with E-state index in [-0.39, 0.29) is 18.6 Å². The number of amides is 2. The van der Waals surface area contributed by atoms with E-state index in [1.165, 1.54) is 0 Å². The minimum Gasteiger partial charge on any atom is -0.384 e. The molecule has 0 fully saturated rings. The van der Waals surface area contributed by atoms with Gasteiger partial charge >= 0.3 is 6.03 Å². The van der Waals surface area contributed by atoms with Crippen LogP contribution in [0, 0.1) is 0 Å². The van der Waals surface area contributed by atoms with Crippen molar-refractivity contribution in [2.24, 2.45) is 0 Å². The molecule has 0 aliphatic rings. The molecular weight excluding hydrogens is 298 g/mol. The molecule has 1 atom stereocenters. The van der Waals surface area contributed by atoms with Gasteiger partial charge in [-0.25, -0.2) is 4.79 Å². The van der Waals surface area contributed by atoms with Gasteiger partial charge in [0.1, 0.15) is 0 Å². The summed E-state index contributed by atoms with van der Waals surface area (Å²) < 4.78 is 10.0. The standard InChI is InChI=1S/C15H21N5O3/c1-11(12-4-7-16-8-5-12)20(2)15(21)17-10-14-18-13(19-23-14)6-9-22-3/h4-5,7-8,11H,6,9-10H2,1-3H3,(H,17,21). The molecule has 0 aliphatic heterocycles. The second-order valence-corrected chi connectivity index (χ2v) is 5.07. The van der Waals surface area contributed by atoms with Crippen LogP contribution in [0.2, 0.25) is 0 Å². The van der Waals surface area contributed by atoms with Crippen molar-refractivity contribution in [3.8, 4) is 0 Å². The van der Waals surface area contributed by atoms with E-state index in [2.05, 4.69) is 20.4 Å². The van der Waals surface area contributed by atoms with Crippen LogP contribution in [0.3, 0.4) is 0 Å². The van der Waals surface area contributed by atoms with Gasteiger partial charge in [-0.05, 0) is 24.6 Å². The van der Waals surface area contributed by atoms with E-state index in [4.69, 9.17) is 9.26 Å². The molecule has 8 heteroatoms. The van der Waals surface area contributed by atoms with Gasteiger partial charge in [0.25, 0.3) is 0 Å². The molecule has 0 aliphatic carbocycles. The van der Waals surface area contributed by atoms with Crippen LogP contribution in [0.4, 0.5) is 4.79 Å². The van der Waals surface area contributed by atoms with Crippen molar-refractivity contribution in [2.45, 2.75) is 25.9 Å². The van der Waals surface area contributed by atoms with Crippen molar-refractivity contribution in [1.82, 2.24) is 25.3 Å². The molecule has 2 aromatic heterocycles. The molecule has 1 N–H and O–H groups in total. The summed E-state index contributed by atoms with van der Waals surface area (Å²) in [5.74, 6) is 0.934. The van der Waals surface area contributed by atoms with Gasteiger partial charge in [-0.15, -0.1) is 0 Å². The van der Waals surface area contributed by atoms with E-state index in [0.29, 0.717) is 24.7 Å². The molecule has 1 unspecified atom stereocenters. The SMILES string of the molecule is COCCc1noc(CNC(=O)N(C)C(C)c2ccncc2)n1. The molecule has 23 heavy (non-hydrogen) atoms. The third kappa shape index (κ3) is 4.75. The zero-order valence-corrected chi connectivity index (χ0v) is 13.5. The second kappa shape index (κ2) is 8.23. The molecule has 0 radical (unpaired) electrons. The van der Waals surface area contributed by atoms with E-state index >= 15 is 0 Å². The maximum atomic E-state index is 12.2. The van der Waals surface area contributed by atoms with E-state index in [0.717, 1.165) is 5.56 Å². The molecule has 0 bridgehead atoms. The number of ether oxygens (including phenoxy) is 1. The summed E-state index contributed by atoms with van der Waals surface area (Å²) >= 11 is 0. The van der Waals surface area contributed by atoms with Gasteiger partial charge in [-0.1, -0.05) is 5.16 Å². The lowest BCUT2D eigenvalue weighted by molar-refractivity contribution is 0.192. The van der Waals surface area contributed by atoms with Crippen LogP contribution in [0.15, 0.2) is 29.0 Å². The Labute approximate surface area is 134 Å². The van der Waals surface area contributed by atoms with Crippen LogP contribution >= 0.6 is 0 Å². The maximum Gasteiger partial charge on any atom is 0.318 e. The molecule has 0 spiro atoms. The van der Waals surface area contributed by atoms with Crippen molar-refractivity contribution in [2.75, 3.05) is 20.8 Å². The number of carbonyl (C=O) groups is 1. The van der Waals surface area contributed by atoms with Crippen LogP contribution in [0.5, 0.6) is 0 Å². The predicted octanol–water partition coefficient (Wildman–Crippen LogP) is 1.56. The highest BCUT2D eigenvalue weighted by atomic mass is 16.5. The molecule has 124 valence electrons. The lowest BCUT2D eigenvalue weighted by Crippen LogP contribution is -2.38. The zero-order chi connectivity index (χ0) is 16.7. The van der Waals surface area contributed by atoms with Gasteiger partial charge < -0.3 is 19.5 Å². The monoisotopic (exact) mass is 319 g/mol. The minimum absolute atomic E-state index is 0.0713. The van der Waals surface area contributed by atoms with E-state index in [1.807, 2.05) is 19.1 Å². The summed E-state index contributed by atoms with van der Waals surface area (Å²) in [4.78, 5) is 22.0. The van der Waals surface area contributed by atoms with Gasteiger partial charge in [-0.2, -0.15) is 4.98 Å². The Hall–Kier alpha value is -2.48. The maximum absolute atomic E-state index is 12.2. The number of pyridine rings is 1. The number of urea groups is 1. The first-order valence-corrected chi connectivity index (χ1v) is 7.32. The Morgan fingerprint density at radius 1 is 1.43 bits per heavy atom. The second-order valence-electron chi connectivity index (χ2n) is 5.07. The van der Waals surface area contributed by atoms with Gasteiger partial charge in [-0.3, -0.25) is 4.98 Å². The lowest BCUT2D eigenvalue weighted by Gasteiger charge is -2.25. The average molecular weight is 319 g/mol. The van der Waals surface area contributed by atoms with Crippen molar-refractivity contribution < 1.29 is 14.1 Å². The number of hydrogen-bond donors (Lipinski definition) is 1. The van der Waals surface area contributed by atoms with E-state index < -0.39 is 0 Å². The summed E-state index contributed by atoms with van der Waals surface area (Å²) in [5.41, 5.74) is 1.01. The van der Waals surface area contributed by atoms with Crippen LogP contribution < -0.4 is 5.32 Å². The molecule has 2 rings (SSSR count). The first-order valence-electron chi connectivity index (χ1n) is 7.32. The first-order chi connectivity index (χ1) is 11.1. The number of carbonyl (C=O) groups excluding carboxylic acids is 1. The Morgan fingerprint density at radius 2 is 2.17 bits per heavy atom. The van der Waals surface area contributed by atoms with Crippen molar-refractivity contribution in [1.29, 1.82) is 0 Å². The van der Waals surface area contributed by atoms with Crippen molar-refractivity contribution in [3.63, 3.8) is 0 Å². The molecule has 2 heterocycles. The summed E-state index contributed by atoms with van der Waals surface area (Å²) in [6.45, 7) is 2.66. The topological polar surface area (TPSA) is 93.4 Å². The fourth-order valence-corrected chi connectivity index (χ4v) is 1.97. The average Bonchev–Trinajstić information content (AvgIpc) is 3.05. The van der Waals surface area contributed by atoms with Gasteiger partial charge in [0.15, 0.2) is 5.82 Å². The van der Waals surface area contributed by atoms with Crippen molar-refractivity contribution in [3.05, 3.63) is 41.8 Å². The molecular formula is C15H21N5O3. The van der Waals surface area contributed by atoms with E-state index in [9.17, 15) is 4.79 Å². The van der Waals surface area contributed by atoms with Crippen LogP contribution in [-0.2, 0) is 17.7 Å². The highest BCUT2D eigenvalue weighted by Crippen LogP contribution is 2.17. The summed E-state index contributed by atoms with van der Waals surface area (Å²) in [5, 5.41) is 6.58. The fourth-order valence-electron chi connectivity index (χ4n) is 1.97. The number of aromatic nitrogens is 3. The largest absolute Gasteiger partial charge is 0.384 e. The number of methoxy groups -OCH3 is 1. The number of nitrogens with one attached hydrogen (secondary N) is 1. The Morgan fingerprint density at radius 3 is 2.87 bits per heavy atom. The predicted molar refractivity (Wildman–Crippen MR) is 82.5 cm³/mol. The number of rotatable bonds is 7. The van der Waals surface area contributed by atoms with Crippen LogP contribution in [0.25, 0.3) is 0 Å². The number of nitrogens with zero attached hydrogens (tertiary/aromatic N) is 4. The summed E-state index contributed by atoms with van der Waals surface area (Å²) in [6.07, 6.45) is 3.99. The van der Waals surface area contributed by atoms with Gasteiger partial charge in [0.05, 0.1) is 19.2 Å². The minimum atomic E-state index is -0.217. The lowest BCUT2D eigenvalue weighted by atomic mass is 10.1. The summed E-state index contributed by atoms with van der Waals surface area (Å²) in [7, 11) is 3.35. The van der Waals surface area contributed by atoms with E-state index in [1.54, 1.807) is 31.5 Å². The van der Waals surface area contributed by atoms with Crippen molar-refractivity contribution >= 4 is 6.03 Å². The molecule has 0 aromatic carbocycles. The highest BCUT2D eigenvalue weighted by Gasteiger charge is 2.17. The fraction of sp³-hybridized carbons (Fsp3) is 0.467. The van der Waals surface area contributed by atoms with Crippen LogP contribution in [-0.4, -0.2) is 46.8 Å². The molecule has 0 saturated carbocycles. The first kappa shape index (κ1) is 16.9. The Kier molecular flexibility index (Phi) is 6.04. The Bertz CT molecular complexity index is 617. The third-order valence-electron chi connectivity index (χ3n) is 3.52. The molecule has 8 nitrogen and oxygen atoms in total. The van der Waals surface area contributed by atoms with Crippen LogP contribution in [0.1, 0.15) is 30.2 Å². The molecule has 2 amide bonds. The van der Waals surface area contributed by atoms with Gasteiger partial charge in [0, 0.05) is 33.0 Å². The molecule has 0 saturated heterocycles. The quantitative estimate of drug-likeness (QED) is 0.832. The highest BCUT2D eigenvalue weighted by molar-refractivity contribution is 5.74. The summed E-state index contributed by atoms with van der Waals surface area (Å²) in [6, 6.07) is 3.48. The van der Waals surface area contributed by atoms with Gasteiger partial charge in [0.2, 0.25) is 5.89 Å².